The van der Waals surface area contributed by atoms with Crippen molar-refractivity contribution in [2.75, 3.05) is 38.6 Å². The van der Waals surface area contributed by atoms with Gasteiger partial charge in [-0.2, -0.15) is 0 Å². The van der Waals surface area contributed by atoms with Gasteiger partial charge >= 0.3 is 5.97 Å². The molecule has 7 nitrogen and oxygen atoms in total. The molecule has 1 saturated heterocycles. The summed E-state index contributed by atoms with van der Waals surface area (Å²) < 4.78 is 43.2. The highest BCUT2D eigenvalue weighted by atomic mass is 32.2. The summed E-state index contributed by atoms with van der Waals surface area (Å²) in [5.74, 6) is -1.22. The largest absolute Gasteiger partial charge is 0.748 e. The van der Waals surface area contributed by atoms with Gasteiger partial charge < -0.3 is 14.0 Å². The Hall–Kier alpha value is -0.700. The Bertz CT molecular complexity index is 422. The summed E-state index contributed by atoms with van der Waals surface area (Å²) in [5, 5.41) is 0. The zero-order chi connectivity index (χ0) is 15.4. The molecule has 1 rings (SSSR count). The van der Waals surface area contributed by atoms with Crippen LogP contribution in [0.3, 0.4) is 0 Å². The third kappa shape index (κ3) is 6.65. The molecule has 0 amide bonds. The number of ether oxygens (including phenoxy) is 2. The van der Waals surface area contributed by atoms with Crippen molar-refractivity contribution >= 4 is 16.1 Å². The molecule has 0 bridgehead atoms. The number of carbonyl (C=O) groups excluding carboxylic acids is 1. The Kier molecular flexibility index (Phi) is 5.93. The van der Waals surface area contributed by atoms with Crippen molar-refractivity contribution in [3.05, 3.63) is 0 Å². The van der Waals surface area contributed by atoms with E-state index >= 15 is 0 Å². The highest BCUT2D eigenvalue weighted by Crippen LogP contribution is 2.17. The van der Waals surface area contributed by atoms with Gasteiger partial charge in [0.15, 0.2) is 0 Å². The highest BCUT2D eigenvalue weighted by Gasteiger charge is 2.28. The number of hydrogen-bond donors (Lipinski definition) is 0. The van der Waals surface area contributed by atoms with E-state index < -0.39 is 33.4 Å². The molecule has 1 heterocycles. The third-order valence-corrected chi connectivity index (χ3v) is 3.62. The van der Waals surface area contributed by atoms with E-state index in [1.165, 1.54) is 0 Å². The lowest BCUT2D eigenvalue weighted by molar-refractivity contribution is -0.158. The Balaban J connectivity index is 2.66. The van der Waals surface area contributed by atoms with Crippen molar-refractivity contribution in [1.82, 2.24) is 4.90 Å². The number of esters is 1. The van der Waals surface area contributed by atoms with Crippen LogP contribution in [0.1, 0.15) is 20.8 Å². The first kappa shape index (κ1) is 17.4. The van der Waals surface area contributed by atoms with E-state index in [4.69, 9.17) is 9.47 Å². The Morgan fingerprint density at radius 2 is 1.90 bits per heavy atom. The number of rotatable bonds is 5. The minimum absolute atomic E-state index is 0.229. The number of carbonyl (C=O) groups is 1. The van der Waals surface area contributed by atoms with Gasteiger partial charge in [0.05, 0.1) is 34.5 Å². The summed E-state index contributed by atoms with van der Waals surface area (Å²) in [6.07, 6.45) is -0.942. The predicted molar refractivity (Wildman–Crippen MR) is 71.2 cm³/mol. The van der Waals surface area contributed by atoms with Gasteiger partial charge in [0.25, 0.3) is 0 Å². The molecule has 20 heavy (non-hydrogen) atoms. The van der Waals surface area contributed by atoms with Crippen molar-refractivity contribution in [2.45, 2.75) is 26.9 Å². The second-order valence-electron chi connectivity index (χ2n) is 5.91. The molecule has 1 aliphatic heterocycles. The molecular weight excluding hydrogens is 286 g/mol. The first-order valence-corrected chi connectivity index (χ1v) is 8.10. The molecule has 0 saturated carbocycles. The minimum atomic E-state index is -4.45. The van der Waals surface area contributed by atoms with Crippen LogP contribution in [0.5, 0.6) is 0 Å². The molecule has 1 unspecified atom stereocenters. The quantitative estimate of drug-likeness (QED) is 0.513. The molecule has 0 aromatic carbocycles. The maximum atomic E-state index is 11.8. The van der Waals surface area contributed by atoms with E-state index in [1.54, 1.807) is 20.8 Å². The maximum Gasteiger partial charge on any atom is 0.311 e. The molecule has 1 aliphatic rings. The average molecular weight is 308 g/mol. The molecular formula is C12H22NO6S-. The number of morpholine rings is 1. The number of nitrogens with zero attached hydrogens (tertiary/aromatic N) is 1. The molecule has 0 aliphatic carbocycles. The van der Waals surface area contributed by atoms with E-state index in [0.29, 0.717) is 26.3 Å². The van der Waals surface area contributed by atoms with E-state index in [1.807, 2.05) is 4.90 Å². The Morgan fingerprint density at radius 3 is 2.35 bits per heavy atom. The highest BCUT2D eigenvalue weighted by molar-refractivity contribution is 7.85. The topological polar surface area (TPSA) is 96.0 Å². The van der Waals surface area contributed by atoms with E-state index in [2.05, 4.69) is 0 Å². The number of hydrogen-bond acceptors (Lipinski definition) is 7. The van der Waals surface area contributed by atoms with Crippen molar-refractivity contribution < 1.29 is 27.2 Å². The fourth-order valence-electron chi connectivity index (χ4n) is 1.75. The van der Waals surface area contributed by atoms with Crippen molar-refractivity contribution in [3.8, 4) is 0 Å². The second-order valence-corrected chi connectivity index (χ2v) is 7.36. The molecule has 0 N–H and O–H groups in total. The standard InChI is InChI=1S/C12H23NO6S/c1-12(2,3)11(14)19-10(9-20(15,16)17)8-13-4-6-18-7-5-13/h10H,4-9H2,1-3H3,(H,15,16,17)/p-1. The van der Waals surface area contributed by atoms with Gasteiger partial charge in [-0.25, -0.2) is 8.42 Å². The lowest BCUT2D eigenvalue weighted by atomic mass is 9.97. The zero-order valence-corrected chi connectivity index (χ0v) is 12.9. The Morgan fingerprint density at radius 1 is 1.35 bits per heavy atom. The summed E-state index contributed by atoms with van der Waals surface area (Å²) in [4.78, 5) is 13.8. The molecule has 0 radical (unpaired) electrons. The van der Waals surface area contributed by atoms with Gasteiger partial charge in [0.2, 0.25) is 0 Å². The monoisotopic (exact) mass is 308 g/mol. The van der Waals surface area contributed by atoms with Gasteiger partial charge in [-0.3, -0.25) is 9.69 Å². The second kappa shape index (κ2) is 6.84. The van der Waals surface area contributed by atoms with Gasteiger partial charge in [-0.05, 0) is 20.8 Å². The predicted octanol–water partition coefficient (Wildman–Crippen LogP) is -0.178. The molecule has 0 spiro atoms. The fourth-order valence-corrected chi connectivity index (χ4v) is 2.38. The van der Waals surface area contributed by atoms with Gasteiger partial charge in [-0.15, -0.1) is 0 Å². The van der Waals surface area contributed by atoms with E-state index in [0.717, 1.165) is 0 Å². The Labute approximate surface area is 120 Å². The van der Waals surface area contributed by atoms with Crippen molar-refractivity contribution in [1.29, 1.82) is 0 Å². The van der Waals surface area contributed by atoms with Crippen molar-refractivity contribution in [2.24, 2.45) is 5.41 Å². The molecule has 1 atom stereocenters. The molecule has 1 fully saturated rings. The summed E-state index contributed by atoms with van der Waals surface area (Å²) in [6.45, 7) is 7.60. The van der Waals surface area contributed by atoms with Gasteiger partial charge in [-0.1, -0.05) is 0 Å². The van der Waals surface area contributed by atoms with Gasteiger partial charge in [0, 0.05) is 19.6 Å². The van der Waals surface area contributed by atoms with Crippen LogP contribution < -0.4 is 0 Å². The first-order chi connectivity index (χ1) is 9.08. The summed E-state index contributed by atoms with van der Waals surface area (Å²) in [5.41, 5.74) is -0.740. The normalized spacial score (nSPS) is 19.6. The minimum Gasteiger partial charge on any atom is -0.748 e. The van der Waals surface area contributed by atoms with Crippen LogP contribution in [-0.2, 0) is 24.4 Å². The fraction of sp³-hybridized carbons (Fsp3) is 0.917. The average Bonchev–Trinajstić information content (AvgIpc) is 2.26. The molecule has 0 aromatic heterocycles. The lowest BCUT2D eigenvalue weighted by Gasteiger charge is -2.31. The van der Waals surface area contributed by atoms with Crippen LogP contribution in [0.2, 0.25) is 0 Å². The van der Waals surface area contributed by atoms with Gasteiger partial charge in [0.1, 0.15) is 6.10 Å². The molecule has 8 heteroatoms. The first-order valence-electron chi connectivity index (χ1n) is 6.53. The van der Waals surface area contributed by atoms with Crippen LogP contribution >= 0.6 is 0 Å². The summed E-state index contributed by atoms with van der Waals surface area (Å²) >= 11 is 0. The van der Waals surface area contributed by atoms with E-state index in [9.17, 15) is 17.8 Å². The van der Waals surface area contributed by atoms with Crippen molar-refractivity contribution in [3.63, 3.8) is 0 Å². The third-order valence-electron chi connectivity index (χ3n) is 2.84. The maximum absolute atomic E-state index is 11.8. The van der Waals surface area contributed by atoms with Crippen LogP contribution in [-0.4, -0.2) is 68.5 Å². The van der Waals surface area contributed by atoms with Crippen LogP contribution in [0.15, 0.2) is 0 Å². The molecule has 0 aromatic rings. The molecule has 118 valence electrons. The lowest BCUT2D eigenvalue weighted by Crippen LogP contribution is -2.45. The smallest absolute Gasteiger partial charge is 0.311 e. The summed E-state index contributed by atoms with van der Waals surface area (Å²) in [6, 6.07) is 0. The van der Waals surface area contributed by atoms with Crippen LogP contribution in [0, 0.1) is 5.41 Å². The summed E-state index contributed by atoms with van der Waals surface area (Å²) in [7, 11) is -4.45. The van der Waals surface area contributed by atoms with Crippen LogP contribution in [0.25, 0.3) is 0 Å². The van der Waals surface area contributed by atoms with Crippen LogP contribution in [0.4, 0.5) is 0 Å². The zero-order valence-electron chi connectivity index (χ0n) is 12.1. The SMILES string of the molecule is CC(C)(C)C(=O)OC(CN1CCOCC1)CS(=O)(=O)[O-]. The van der Waals surface area contributed by atoms with E-state index in [-0.39, 0.29) is 6.54 Å².